The highest BCUT2D eigenvalue weighted by molar-refractivity contribution is 7.22. The average molecular weight is 288 g/mol. The summed E-state index contributed by atoms with van der Waals surface area (Å²) in [6, 6.07) is 7.33. The van der Waals surface area contributed by atoms with Gasteiger partial charge in [-0.15, -0.1) is 0 Å². The van der Waals surface area contributed by atoms with E-state index >= 15 is 0 Å². The molecule has 0 unspecified atom stereocenters. The molecule has 6 nitrogen and oxygen atoms in total. The summed E-state index contributed by atoms with van der Waals surface area (Å²) in [6.45, 7) is 0. The van der Waals surface area contributed by atoms with E-state index in [1.165, 1.54) is 16.0 Å². The molecule has 1 aromatic carbocycles. The molecule has 0 saturated heterocycles. The number of nitrogens with zero attached hydrogens (tertiary/aromatic N) is 3. The number of aryl methyl sites for hydroxylation is 1. The number of rotatable bonds is 3. The molecule has 0 fully saturated rings. The van der Waals surface area contributed by atoms with Crippen LogP contribution in [0.1, 0.15) is 10.5 Å². The molecule has 1 N–H and O–H groups in total. The number of benzene rings is 1. The molecule has 0 spiro atoms. The van der Waals surface area contributed by atoms with Crippen molar-refractivity contribution in [2.75, 3.05) is 12.4 Å². The number of thiazole rings is 1. The van der Waals surface area contributed by atoms with Crippen LogP contribution in [0.2, 0.25) is 0 Å². The first kappa shape index (κ1) is 12.6. The number of aromatic nitrogens is 3. The van der Waals surface area contributed by atoms with Gasteiger partial charge in [-0.3, -0.25) is 14.8 Å². The Kier molecular flexibility index (Phi) is 3.11. The normalized spacial score (nSPS) is 10.7. The van der Waals surface area contributed by atoms with E-state index in [2.05, 4.69) is 15.4 Å². The Balaban J connectivity index is 1.92. The van der Waals surface area contributed by atoms with Crippen LogP contribution in [0.25, 0.3) is 10.2 Å². The molecule has 1 amide bonds. The first-order valence-corrected chi connectivity index (χ1v) is 6.73. The van der Waals surface area contributed by atoms with Crippen molar-refractivity contribution in [1.29, 1.82) is 0 Å². The van der Waals surface area contributed by atoms with Crippen LogP contribution < -0.4 is 10.1 Å². The van der Waals surface area contributed by atoms with E-state index in [0.29, 0.717) is 16.6 Å². The van der Waals surface area contributed by atoms with Gasteiger partial charge in [0.05, 0.1) is 11.8 Å². The highest BCUT2D eigenvalue weighted by Crippen LogP contribution is 2.32. The van der Waals surface area contributed by atoms with Crippen LogP contribution >= 0.6 is 11.3 Å². The lowest BCUT2D eigenvalue weighted by molar-refractivity contribution is 0.101. The van der Waals surface area contributed by atoms with E-state index < -0.39 is 0 Å². The topological polar surface area (TPSA) is 69.0 Å². The maximum absolute atomic E-state index is 12.1. The number of amides is 1. The number of carbonyl (C=O) groups excluding carboxylic acids is 1. The second kappa shape index (κ2) is 4.93. The van der Waals surface area contributed by atoms with E-state index in [9.17, 15) is 4.79 Å². The number of anilines is 1. The van der Waals surface area contributed by atoms with Crippen molar-refractivity contribution < 1.29 is 9.53 Å². The third-order valence-electron chi connectivity index (χ3n) is 2.88. The molecule has 3 rings (SSSR count). The predicted octanol–water partition coefficient (Wildman–Crippen LogP) is 2.29. The van der Waals surface area contributed by atoms with Crippen molar-refractivity contribution in [3.05, 3.63) is 36.2 Å². The van der Waals surface area contributed by atoms with E-state index in [1.807, 2.05) is 18.2 Å². The second-order valence-electron chi connectivity index (χ2n) is 4.12. The minimum Gasteiger partial charge on any atom is -0.494 e. The maximum atomic E-state index is 12.1. The monoisotopic (exact) mass is 288 g/mol. The van der Waals surface area contributed by atoms with Gasteiger partial charge in [-0.2, -0.15) is 5.10 Å². The SMILES string of the molecule is COc1cccc2sc(NC(=O)c3ccnn3C)nc12. The average Bonchev–Trinajstić information content (AvgIpc) is 3.03. The van der Waals surface area contributed by atoms with Gasteiger partial charge in [-0.1, -0.05) is 17.4 Å². The van der Waals surface area contributed by atoms with Gasteiger partial charge in [0.1, 0.15) is 17.0 Å². The second-order valence-corrected chi connectivity index (χ2v) is 5.15. The van der Waals surface area contributed by atoms with Crippen molar-refractivity contribution in [2.45, 2.75) is 0 Å². The third-order valence-corrected chi connectivity index (χ3v) is 3.81. The molecule has 0 aliphatic carbocycles. The van der Waals surface area contributed by atoms with Crippen molar-refractivity contribution >= 4 is 32.6 Å². The van der Waals surface area contributed by atoms with Crippen molar-refractivity contribution in [1.82, 2.24) is 14.8 Å². The Morgan fingerprint density at radius 2 is 2.25 bits per heavy atom. The highest BCUT2D eigenvalue weighted by Gasteiger charge is 2.14. The van der Waals surface area contributed by atoms with E-state index in [-0.39, 0.29) is 5.91 Å². The summed E-state index contributed by atoms with van der Waals surface area (Å²) >= 11 is 1.41. The zero-order valence-corrected chi connectivity index (χ0v) is 11.8. The molecule has 7 heteroatoms. The minimum atomic E-state index is -0.233. The highest BCUT2D eigenvalue weighted by atomic mass is 32.1. The van der Waals surface area contributed by atoms with Gasteiger partial charge in [-0.25, -0.2) is 4.98 Å². The van der Waals surface area contributed by atoms with Crippen LogP contribution in [0.4, 0.5) is 5.13 Å². The van der Waals surface area contributed by atoms with Crippen LogP contribution in [0, 0.1) is 0 Å². The maximum Gasteiger partial charge on any atom is 0.275 e. The molecule has 0 bridgehead atoms. The first-order chi connectivity index (χ1) is 9.69. The van der Waals surface area contributed by atoms with Crippen LogP contribution in [0.3, 0.4) is 0 Å². The smallest absolute Gasteiger partial charge is 0.275 e. The summed E-state index contributed by atoms with van der Waals surface area (Å²) < 4.78 is 7.73. The summed E-state index contributed by atoms with van der Waals surface area (Å²) in [6.07, 6.45) is 1.58. The Morgan fingerprint density at radius 1 is 1.40 bits per heavy atom. The zero-order chi connectivity index (χ0) is 14.1. The molecule has 0 aliphatic heterocycles. The number of carbonyl (C=O) groups is 1. The third kappa shape index (κ3) is 2.12. The summed E-state index contributed by atoms with van der Waals surface area (Å²) in [5.41, 5.74) is 1.23. The lowest BCUT2D eigenvalue weighted by Crippen LogP contribution is -2.15. The van der Waals surface area contributed by atoms with Gasteiger partial charge in [0.15, 0.2) is 5.13 Å². The van der Waals surface area contributed by atoms with Crippen molar-refractivity contribution in [2.24, 2.45) is 7.05 Å². The number of ether oxygens (including phenoxy) is 1. The number of para-hydroxylation sites is 1. The number of hydrogen-bond acceptors (Lipinski definition) is 5. The molecular formula is C13H12N4O2S. The largest absolute Gasteiger partial charge is 0.494 e. The zero-order valence-electron chi connectivity index (χ0n) is 11.0. The van der Waals surface area contributed by atoms with Gasteiger partial charge in [0.2, 0.25) is 0 Å². The predicted molar refractivity (Wildman–Crippen MR) is 77.3 cm³/mol. The van der Waals surface area contributed by atoms with Crippen LogP contribution in [-0.2, 0) is 7.05 Å². The fourth-order valence-corrected chi connectivity index (χ4v) is 2.78. The molecule has 2 heterocycles. The van der Waals surface area contributed by atoms with Gasteiger partial charge in [0.25, 0.3) is 5.91 Å². The number of nitrogens with one attached hydrogen (secondary N) is 1. The van der Waals surface area contributed by atoms with Gasteiger partial charge < -0.3 is 4.74 Å². The Bertz CT molecular complexity index is 778. The number of fused-ring (bicyclic) bond motifs is 1. The van der Waals surface area contributed by atoms with Gasteiger partial charge in [0, 0.05) is 13.2 Å². The molecule has 102 valence electrons. The molecular weight excluding hydrogens is 276 g/mol. The van der Waals surface area contributed by atoms with E-state index in [1.54, 1.807) is 26.4 Å². The molecule has 0 aliphatic rings. The summed E-state index contributed by atoms with van der Waals surface area (Å²) in [7, 11) is 3.32. The Hall–Kier alpha value is -2.41. The van der Waals surface area contributed by atoms with E-state index in [0.717, 1.165) is 10.2 Å². The number of hydrogen-bond donors (Lipinski definition) is 1. The molecule has 20 heavy (non-hydrogen) atoms. The lowest BCUT2D eigenvalue weighted by atomic mass is 10.3. The fourth-order valence-electron chi connectivity index (χ4n) is 1.90. The summed E-state index contributed by atoms with van der Waals surface area (Å²) in [5.74, 6) is 0.461. The molecule has 0 atom stereocenters. The molecule has 0 saturated carbocycles. The summed E-state index contributed by atoms with van der Waals surface area (Å²) in [4.78, 5) is 16.5. The van der Waals surface area contributed by atoms with Crippen molar-refractivity contribution in [3.8, 4) is 5.75 Å². The number of methoxy groups -OCH3 is 1. The Morgan fingerprint density at radius 3 is 2.95 bits per heavy atom. The van der Waals surface area contributed by atoms with Gasteiger partial charge >= 0.3 is 0 Å². The first-order valence-electron chi connectivity index (χ1n) is 5.92. The van der Waals surface area contributed by atoms with Crippen LogP contribution in [-0.4, -0.2) is 27.8 Å². The minimum absolute atomic E-state index is 0.233. The van der Waals surface area contributed by atoms with Crippen molar-refractivity contribution in [3.63, 3.8) is 0 Å². The fraction of sp³-hybridized carbons (Fsp3) is 0.154. The Labute approximate surface area is 119 Å². The molecule has 0 radical (unpaired) electrons. The van der Waals surface area contributed by atoms with Crippen LogP contribution in [0.5, 0.6) is 5.75 Å². The quantitative estimate of drug-likeness (QED) is 0.803. The molecule has 3 aromatic rings. The standard InChI is InChI=1S/C13H12N4O2S/c1-17-8(6-7-14-17)12(18)16-13-15-11-9(19-2)4-3-5-10(11)20-13/h3-7H,1-2H3,(H,15,16,18). The van der Waals surface area contributed by atoms with E-state index in [4.69, 9.17) is 4.74 Å². The lowest BCUT2D eigenvalue weighted by Gasteiger charge is -2.01. The molecule has 2 aromatic heterocycles. The summed E-state index contributed by atoms with van der Waals surface area (Å²) in [5, 5.41) is 7.28. The van der Waals surface area contributed by atoms with Crippen LogP contribution in [0.15, 0.2) is 30.5 Å². The van der Waals surface area contributed by atoms with Gasteiger partial charge in [-0.05, 0) is 18.2 Å².